The first-order valence-corrected chi connectivity index (χ1v) is 7.35. The molecule has 23 heavy (non-hydrogen) atoms. The maximum Gasteiger partial charge on any atom is 0.349 e. The summed E-state index contributed by atoms with van der Waals surface area (Å²) in [7, 11) is 0. The number of carboxylic acids is 1. The summed E-state index contributed by atoms with van der Waals surface area (Å²) in [4.78, 5) is 22.6. The molecule has 1 atom stereocenters. The van der Waals surface area contributed by atoms with Gasteiger partial charge < -0.3 is 15.2 Å². The van der Waals surface area contributed by atoms with Crippen LogP contribution in [0, 0.1) is 0 Å². The molecule has 0 aromatic heterocycles. The number of carboxylic acid groups (broad SMARTS) is 1. The van der Waals surface area contributed by atoms with Gasteiger partial charge >= 0.3 is 11.9 Å². The Hall–Kier alpha value is -2.24. The Labute approximate surface area is 142 Å². The third-order valence-electron chi connectivity index (χ3n) is 2.97. The van der Waals surface area contributed by atoms with Gasteiger partial charge in [0, 0.05) is 18.2 Å². The van der Waals surface area contributed by atoms with E-state index >= 15 is 0 Å². The lowest BCUT2D eigenvalue weighted by Gasteiger charge is -2.18. The molecule has 2 rings (SSSR count). The summed E-state index contributed by atoms with van der Waals surface area (Å²) in [6.07, 6.45) is -1.43. The van der Waals surface area contributed by atoms with Crippen LogP contribution in [0.4, 0.5) is 11.4 Å². The van der Waals surface area contributed by atoms with E-state index in [0.29, 0.717) is 21.4 Å². The molecule has 0 saturated heterocycles. The van der Waals surface area contributed by atoms with Crippen LogP contribution in [0.15, 0.2) is 42.5 Å². The van der Waals surface area contributed by atoms with Crippen LogP contribution >= 0.6 is 23.2 Å². The average molecular weight is 354 g/mol. The van der Waals surface area contributed by atoms with Crippen molar-refractivity contribution in [3.8, 4) is 0 Å². The van der Waals surface area contributed by atoms with Crippen LogP contribution in [0.25, 0.3) is 0 Å². The number of hydrogen-bond acceptors (Lipinski definition) is 4. The summed E-state index contributed by atoms with van der Waals surface area (Å²) in [6.45, 7) is 1.15. The summed E-state index contributed by atoms with van der Waals surface area (Å²) in [5.74, 6) is -1.97. The third-order valence-corrected chi connectivity index (χ3v) is 3.60. The highest BCUT2D eigenvalue weighted by atomic mass is 35.5. The highest BCUT2D eigenvalue weighted by Gasteiger charge is 2.26. The summed E-state index contributed by atoms with van der Waals surface area (Å²) >= 11 is 12.2. The molecule has 0 spiro atoms. The molecule has 0 saturated carbocycles. The Morgan fingerprint density at radius 2 is 1.70 bits per heavy atom. The van der Waals surface area contributed by atoms with Crippen LogP contribution in [0.3, 0.4) is 0 Å². The van der Waals surface area contributed by atoms with Crippen LogP contribution in [0.5, 0.6) is 0 Å². The molecule has 7 heteroatoms. The molecular weight excluding hydrogens is 341 g/mol. The second-order valence-corrected chi connectivity index (χ2v) is 5.45. The van der Waals surface area contributed by atoms with E-state index in [9.17, 15) is 14.7 Å². The monoisotopic (exact) mass is 353 g/mol. The van der Waals surface area contributed by atoms with E-state index in [-0.39, 0.29) is 5.56 Å². The molecule has 5 nitrogen and oxygen atoms in total. The Morgan fingerprint density at radius 3 is 2.26 bits per heavy atom. The van der Waals surface area contributed by atoms with E-state index in [0.717, 1.165) is 6.92 Å². The molecule has 0 fully saturated rings. The largest absolute Gasteiger partial charge is 0.478 e. The van der Waals surface area contributed by atoms with Crippen molar-refractivity contribution in [3.63, 3.8) is 0 Å². The fourth-order valence-corrected chi connectivity index (χ4v) is 2.50. The number of benzene rings is 2. The highest BCUT2D eigenvalue weighted by molar-refractivity contribution is 6.39. The first kappa shape index (κ1) is 17.1. The zero-order chi connectivity index (χ0) is 17.0. The number of aliphatic carboxylic acids is 1. The van der Waals surface area contributed by atoms with Gasteiger partial charge in [-0.15, -0.1) is 0 Å². The van der Waals surface area contributed by atoms with Gasteiger partial charge in [0.15, 0.2) is 0 Å². The Balaban J connectivity index is 2.44. The molecule has 0 heterocycles. The lowest BCUT2D eigenvalue weighted by molar-refractivity contribution is -0.163. The summed E-state index contributed by atoms with van der Waals surface area (Å²) < 4.78 is 4.89. The number of esters is 1. The van der Waals surface area contributed by atoms with Crippen LogP contribution in [-0.2, 0) is 14.3 Å². The van der Waals surface area contributed by atoms with Crippen molar-refractivity contribution in [2.75, 3.05) is 5.32 Å². The number of carbonyl (C=O) groups excluding carboxylic acids is 1. The maximum absolute atomic E-state index is 11.4. The predicted molar refractivity (Wildman–Crippen MR) is 88.3 cm³/mol. The predicted octanol–water partition coefficient (Wildman–Crippen LogP) is 4.43. The van der Waals surface area contributed by atoms with Crippen molar-refractivity contribution < 1.29 is 19.4 Å². The smallest absolute Gasteiger partial charge is 0.349 e. The quantitative estimate of drug-likeness (QED) is 0.777. The number of ether oxygens (including phenoxy) is 1. The van der Waals surface area contributed by atoms with Crippen molar-refractivity contribution in [1.82, 2.24) is 0 Å². The van der Waals surface area contributed by atoms with Crippen molar-refractivity contribution in [2.45, 2.75) is 13.0 Å². The molecule has 0 aliphatic heterocycles. The van der Waals surface area contributed by atoms with Gasteiger partial charge in [-0.1, -0.05) is 47.5 Å². The minimum absolute atomic E-state index is 0.284. The lowest BCUT2D eigenvalue weighted by atomic mass is 10.1. The number of carbonyl (C=O) groups is 2. The third kappa shape index (κ3) is 4.15. The van der Waals surface area contributed by atoms with E-state index in [1.54, 1.807) is 42.5 Å². The molecule has 0 aliphatic carbocycles. The van der Waals surface area contributed by atoms with Gasteiger partial charge in [-0.05, 0) is 18.2 Å². The Morgan fingerprint density at radius 1 is 1.09 bits per heavy atom. The maximum atomic E-state index is 11.4. The number of halogens is 2. The van der Waals surface area contributed by atoms with Crippen LogP contribution < -0.4 is 5.32 Å². The standard InChI is InChI=1S/C16H13Cl2NO4/c1-9(20)23-15(16(21)22)10-5-2-3-8-13(10)19-14-11(17)6-4-7-12(14)18/h2-8,15,19H,1H3,(H,21,22). The van der Waals surface area contributed by atoms with Crippen molar-refractivity contribution in [3.05, 3.63) is 58.1 Å². The molecule has 0 amide bonds. The first-order chi connectivity index (χ1) is 10.9. The van der Waals surface area contributed by atoms with Gasteiger partial charge in [-0.25, -0.2) is 4.79 Å². The molecule has 2 N–H and O–H groups in total. The lowest BCUT2D eigenvalue weighted by Crippen LogP contribution is -2.19. The second-order valence-electron chi connectivity index (χ2n) is 4.64. The van der Waals surface area contributed by atoms with E-state index in [1.807, 2.05) is 0 Å². The topological polar surface area (TPSA) is 75.6 Å². The van der Waals surface area contributed by atoms with Crippen LogP contribution in [-0.4, -0.2) is 17.0 Å². The van der Waals surface area contributed by atoms with Gasteiger partial charge in [-0.3, -0.25) is 4.79 Å². The second kappa shape index (κ2) is 7.35. The van der Waals surface area contributed by atoms with Gasteiger partial charge in [-0.2, -0.15) is 0 Å². The van der Waals surface area contributed by atoms with E-state index in [4.69, 9.17) is 27.9 Å². The van der Waals surface area contributed by atoms with Gasteiger partial charge in [0.25, 0.3) is 0 Å². The fraction of sp³-hybridized carbons (Fsp3) is 0.125. The van der Waals surface area contributed by atoms with Crippen molar-refractivity contribution in [1.29, 1.82) is 0 Å². The van der Waals surface area contributed by atoms with Crippen molar-refractivity contribution in [2.24, 2.45) is 0 Å². The summed E-state index contributed by atoms with van der Waals surface area (Å²) in [5, 5.41) is 13.1. The fourth-order valence-electron chi connectivity index (χ4n) is 2.00. The number of hydrogen-bond donors (Lipinski definition) is 2. The minimum atomic E-state index is -1.43. The number of anilines is 2. The van der Waals surface area contributed by atoms with Crippen molar-refractivity contribution >= 4 is 46.5 Å². The SMILES string of the molecule is CC(=O)OC(C(=O)O)c1ccccc1Nc1c(Cl)cccc1Cl. The van der Waals surface area contributed by atoms with Gasteiger partial charge in [0.1, 0.15) is 0 Å². The van der Waals surface area contributed by atoms with E-state index < -0.39 is 18.0 Å². The number of rotatable bonds is 5. The molecule has 2 aromatic carbocycles. The van der Waals surface area contributed by atoms with Crippen LogP contribution in [0.1, 0.15) is 18.6 Å². The van der Waals surface area contributed by atoms with Gasteiger partial charge in [0.05, 0.1) is 15.7 Å². The molecule has 2 aromatic rings. The van der Waals surface area contributed by atoms with E-state index in [2.05, 4.69) is 5.32 Å². The summed E-state index contributed by atoms with van der Waals surface area (Å²) in [5.41, 5.74) is 1.15. The molecule has 0 radical (unpaired) electrons. The minimum Gasteiger partial charge on any atom is -0.478 e. The number of para-hydroxylation sites is 2. The molecule has 0 bridgehead atoms. The molecule has 120 valence electrons. The zero-order valence-corrected chi connectivity index (χ0v) is 13.6. The first-order valence-electron chi connectivity index (χ1n) is 6.60. The average Bonchev–Trinajstić information content (AvgIpc) is 2.49. The zero-order valence-electron chi connectivity index (χ0n) is 12.0. The van der Waals surface area contributed by atoms with Gasteiger partial charge in [0.2, 0.25) is 6.10 Å². The Kier molecular flexibility index (Phi) is 5.47. The highest BCUT2D eigenvalue weighted by Crippen LogP contribution is 2.35. The summed E-state index contributed by atoms with van der Waals surface area (Å²) in [6, 6.07) is 11.6. The van der Waals surface area contributed by atoms with E-state index in [1.165, 1.54) is 0 Å². The Bertz CT molecular complexity index is 728. The molecule has 1 unspecified atom stereocenters. The molecular formula is C16H13Cl2NO4. The van der Waals surface area contributed by atoms with Crippen LogP contribution in [0.2, 0.25) is 10.0 Å². The molecule has 0 aliphatic rings. The normalized spacial score (nSPS) is 11.6. The number of nitrogens with one attached hydrogen (secondary N) is 1.